The number of amides is 1. The fraction of sp³-hybridized carbons (Fsp3) is 0.360. The van der Waals surface area contributed by atoms with E-state index in [2.05, 4.69) is 31.7 Å². The summed E-state index contributed by atoms with van der Waals surface area (Å²) < 4.78 is 49.3. The quantitative estimate of drug-likeness (QED) is 0.308. The van der Waals surface area contributed by atoms with E-state index >= 15 is 0 Å². The first-order chi connectivity index (χ1) is 16.2. The SMILES string of the molecule is C#CC1CC1.C=[Se].CC.COc1ccc(CN2C(=O)OC(C(F)(F)F)c3cc(Cl)ccc32)cc1. The first-order valence-electron chi connectivity index (χ1n) is 10.4. The zero-order valence-electron chi connectivity index (χ0n) is 19.2. The summed E-state index contributed by atoms with van der Waals surface area (Å²) in [6.45, 7) is 4.06. The molecule has 1 unspecified atom stereocenters. The van der Waals surface area contributed by atoms with E-state index in [1.807, 2.05) is 13.8 Å². The molecule has 0 spiro atoms. The van der Waals surface area contributed by atoms with Gasteiger partial charge in [-0.15, -0.1) is 12.3 Å². The number of halogens is 4. The molecule has 0 aromatic heterocycles. The number of methoxy groups -OCH3 is 1. The van der Waals surface area contributed by atoms with Gasteiger partial charge in [0.15, 0.2) is 0 Å². The monoisotopic (exact) mass is 561 g/mol. The van der Waals surface area contributed by atoms with Gasteiger partial charge in [0.25, 0.3) is 0 Å². The Morgan fingerprint density at radius 2 is 1.79 bits per heavy atom. The molecule has 0 bridgehead atoms. The van der Waals surface area contributed by atoms with Crippen LogP contribution in [0, 0.1) is 18.3 Å². The Morgan fingerprint density at radius 3 is 2.24 bits per heavy atom. The number of carbonyl (C=O) groups is 1. The van der Waals surface area contributed by atoms with E-state index in [4.69, 9.17) is 22.8 Å². The molecular weight excluding hydrogens is 534 g/mol. The molecule has 2 aromatic rings. The molecular formula is C25H27ClF3NO3Se. The van der Waals surface area contributed by atoms with Gasteiger partial charge in [0.1, 0.15) is 5.75 Å². The van der Waals surface area contributed by atoms with Gasteiger partial charge >= 0.3 is 33.3 Å². The largest absolute Gasteiger partial charge is 0.497 e. The van der Waals surface area contributed by atoms with Gasteiger partial charge in [-0.1, -0.05) is 37.6 Å². The van der Waals surface area contributed by atoms with Crippen molar-refractivity contribution in [2.24, 2.45) is 5.92 Å². The minimum atomic E-state index is -4.72. The number of ether oxygens (including phenoxy) is 2. The summed E-state index contributed by atoms with van der Waals surface area (Å²) in [6, 6.07) is 10.8. The Labute approximate surface area is 211 Å². The fourth-order valence-corrected chi connectivity index (χ4v) is 3.04. The van der Waals surface area contributed by atoms with Crippen molar-refractivity contribution in [3.63, 3.8) is 0 Å². The van der Waals surface area contributed by atoms with Crippen molar-refractivity contribution in [2.75, 3.05) is 12.0 Å². The van der Waals surface area contributed by atoms with Gasteiger partial charge in [0.2, 0.25) is 6.10 Å². The van der Waals surface area contributed by atoms with Gasteiger partial charge in [-0.3, -0.25) is 4.90 Å². The number of alkyl halides is 3. The predicted molar refractivity (Wildman–Crippen MR) is 132 cm³/mol. The van der Waals surface area contributed by atoms with Crippen molar-refractivity contribution in [3.8, 4) is 18.1 Å². The van der Waals surface area contributed by atoms with Crippen molar-refractivity contribution in [2.45, 2.75) is 45.5 Å². The van der Waals surface area contributed by atoms with Crippen LogP contribution in [0.3, 0.4) is 0 Å². The van der Waals surface area contributed by atoms with E-state index in [0.29, 0.717) is 17.2 Å². The molecule has 2 aromatic carbocycles. The molecule has 184 valence electrons. The molecule has 1 heterocycles. The minimum absolute atomic E-state index is 0.0576. The summed E-state index contributed by atoms with van der Waals surface area (Å²) in [6.07, 6.45) is -0.583. The maximum absolute atomic E-state index is 13.2. The third-order valence-electron chi connectivity index (χ3n) is 4.61. The Hall–Kier alpha value is -2.46. The predicted octanol–water partition coefficient (Wildman–Crippen LogP) is 6.75. The van der Waals surface area contributed by atoms with Gasteiger partial charge in [-0.25, -0.2) is 4.79 Å². The second kappa shape index (κ2) is 14.1. The van der Waals surface area contributed by atoms with Gasteiger partial charge in [-0.2, -0.15) is 13.2 Å². The molecule has 2 aliphatic rings. The topological polar surface area (TPSA) is 38.8 Å². The number of terminal acetylenes is 1. The Bertz CT molecular complexity index is 973. The molecule has 9 heteroatoms. The minimum Gasteiger partial charge on any atom is -0.497 e. The second-order valence-corrected chi connectivity index (χ2v) is 7.32. The van der Waals surface area contributed by atoms with Crippen molar-refractivity contribution in [1.82, 2.24) is 0 Å². The number of rotatable bonds is 3. The average molecular weight is 561 g/mol. The van der Waals surface area contributed by atoms with Crippen molar-refractivity contribution in [3.05, 3.63) is 58.6 Å². The number of fused-ring (bicyclic) bond motifs is 1. The number of hydrogen-bond donors (Lipinski definition) is 0. The fourth-order valence-electron chi connectivity index (χ4n) is 2.86. The van der Waals surface area contributed by atoms with Crippen LogP contribution in [0.15, 0.2) is 42.5 Å². The van der Waals surface area contributed by atoms with Crippen LogP contribution in [0.5, 0.6) is 5.75 Å². The summed E-state index contributed by atoms with van der Waals surface area (Å²) >= 11 is 8.20. The standard InChI is InChI=1S/C17H13ClF3NO3.C5H6.C2H6.CH2Se/c1-24-12-5-2-10(3-6-12)9-22-14-7-4-11(18)8-13(14)15(17(19,20)21)25-16(22)23;1-2-5-3-4-5;2*1-2/h2-8,15H,9H2,1H3;1,5H,3-4H2;1-2H3;1H2. The van der Waals surface area contributed by atoms with Gasteiger partial charge < -0.3 is 9.47 Å². The molecule has 4 rings (SSSR count). The van der Waals surface area contributed by atoms with Crippen LogP contribution in [0.4, 0.5) is 23.7 Å². The Kier molecular flexibility index (Phi) is 12.2. The first-order valence-corrected chi connectivity index (χ1v) is 12.0. The van der Waals surface area contributed by atoms with Crippen LogP contribution in [0.25, 0.3) is 0 Å². The molecule has 1 fully saturated rings. The van der Waals surface area contributed by atoms with Gasteiger partial charge in [0, 0.05) is 16.5 Å². The molecule has 1 aliphatic carbocycles. The number of hydrogen-bond acceptors (Lipinski definition) is 3. The number of carbonyl (C=O) groups excluding carboxylic acids is 1. The Balaban J connectivity index is 0.000000550. The number of cyclic esters (lactones) is 1. The van der Waals surface area contributed by atoms with Gasteiger partial charge in [-0.05, 0) is 48.7 Å². The van der Waals surface area contributed by atoms with Crippen LogP contribution in [-0.2, 0) is 11.3 Å². The van der Waals surface area contributed by atoms with Crippen LogP contribution < -0.4 is 9.64 Å². The van der Waals surface area contributed by atoms with E-state index in [1.54, 1.807) is 24.3 Å². The summed E-state index contributed by atoms with van der Waals surface area (Å²) in [5.41, 5.74) is 3.77. The second-order valence-electron chi connectivity index (χ2n) is 6.88. The zero-order valence-corrected chi connectivity index (χ0v) is 21.7. The van der Waals surface area contributed by atoms with Crippen molar-refractivity contribution in [1.29, 1.82) is 0 Å². The van der Waals surface area contributed by atoms with E-state index in [9.17, 15) is 18.0 Å². The van der Waals surface area contributed by atoms with E-state index in [0.717, 1.165) is 4.90 Å². The first kappa shape index (κ1) is 29.6. The summed E-state index contributed by atoms with van der Waals surface area (Å²) in [5, 5.41) is 0.135. The molecule has 34 heavy (non-hydrogen) atoms. The summed E-state index contributed by atoms with van der Waals surface area (Å²) in [5.74, 6) is 3.93. The maximum atomic E-state index is 13.2. The molecule has 1 saturated carbocycles. The molecule has 4 nitrogen and oxygen atoms in total. The van der Waals surface area contributed by atoms with Crippen LogP contribution >= 0.6 is 11.6 Å². The molecule has 0 saturated heterocycles. The van der Waals surface area contributed by atoms with E-state index < -0.39 is 18.4 Å². The van der Waals surface area contributed by atoms with E-state index in [1.165, 1.54) is 38.2 Å². The number of anilines is 1. The van der Waals surface area contributed by atoms with E-state index in [-0.39, 0.29) is 22.8 Å². The molecule has 1 amide bonds. The molecule has 1 atom stereocenters. The van der Waals surface area contributed by atoms with Crippen molar-refractivity contribution >= 4 is 44.4 Å². The third-order valence-corrected chi connectivity index (χ3v) is 4.85. The van der Waals surface area contributed by atoms with Crippen LogP contribution in [0.1, 0.15) is 43.9 Å². The summed E-state index contributed by atoms with van der Waals surface area (Å²) in [4.78, 5) is 13.3. The maximum Gasteiger partial charge on any atom is 0.430 e. The molecule has 0 radical (unpaired) electrons. The van der Waals surface area contributed by atoms with Crippen LogP contribution in [-0.4, -0.2) is 40.4 Å². The third kappa shape index (κ3) is 8.39. The Morgan fingerprint density at radius 1 is 1.21 bits per heavy atom. The number of benzene rings is 2. The smallest absolute Gasteiger partial charge is 0.430 e. The molecule has 1 aliphatic heterocycles. The molecule has 0 N–H and O–H groups in total. The summed E-state index contributed by atoms with van der Waals surface area (Å²) in [7, 11) is 1.52. The van der Waals surface area contributed by atoms with Crippen LogP contribution in [0.2, 0.25) is 5.02 Å². The van der Waals surface area contributed by atoms with Gasteiger partial charge in [0.05, 0.1) is 19.3 Å². The zero-order chi connectivity index (χ0) is 25.9. The normalized spacial score (nSPS) is 16.0. The van der Waals surface area contributed by atoms with Crippen molar-refractivity contribution < 1.29 is 27.4 Å². The number of nitrogens with zero attached hydrogens (tertiary/aromatic N) is 1. The average Bonchev–Trinajstić information content (AvgIpc) is 3.68.